The SMILES string of the molecule is Nc1cccc(F)c1OCc1ccc(OC(F)(F)F)cc1. The van der Waals surface area contributed by atoms with E-state index < -0.39 is 12.2 Å². The van der Waals surface area contributed by atoms with Crippen molar-refractivity contribution in [2.45, 2.75) is 13.0 Å². The summed E-state index contributed by atoms with van der Waals surface area (Å²) in [4.78, 5) is 0. The molecule has 0 aliphatic rings. The third-order valence-corrected chi connectivity index (χ3v) is 2.54. The molecule has 0 heterocycles. The van der Waals surface area contributed by atoms with E-state index in [0.717, 1.165) is 12.1 Å². The maximum absolute atomic E-state index is 13.5. The lowest BCUT2D eigenvalue weighted by molar-refractivity contribution is -0.274. The van der Waals surface area contributed by atoms with Crippen LogP contribution in [0.3, 0.4) is 0 Å². The van der Waals surface area contributed by atoms with E-state index in [1.807, 2.05) is 0 Å². The molecule has 0 aliphatic carbocycles. The summed E-state index contributed by atoms with van der Waals surface area (Å²) in [6.45, 7) is -0.0303. The van der Waals surface area contributed by atoms with Crippen molar-refractivity contribution in [3.63, 3.8) is 0 Å². The van der Waals surface area contributed by atoms with Crippen molar-refractivity contribution in [2.24, 2.45) is 0 Å². The van der Waals surface area contributed by atoms with E-state index in [1.54, 1.807) is 0 Å². The molecule has 3 nitrogen and oxygen atoms in total. The lowest BCUT2D eigenvalue weighted by Gasteiger charge is -2.11. The Hall–Kier alpha value is -2.44. The molecule has 0 bridgehead atoms. The first-order chi connectivity index (χ1) is 9.85. The summed E-state index contributed by atoms with van der Waals surface area (Å²) in [5, 5.41) is 0. The van der Waals surface area contributed by atoms with E-state index in [9.17, 15) is 17.6 Å². The van der Waals surface area contributed by atoms with Gasteiger partial charge >= 0.3 is 6.36 Å². The molecule has 0 saturated carbocycles. The number of rotatable bonds is 4. The van der Waals surface area contributed by atoms with E-state index in [2.05, 4.69) is 4.74 Å². The largest absolute Gasteiger partial charge is 0.573 e. The highest BCUT2D eigenvalue weighted by Crippen LogP contribution is 2.26. The molecule has 21 heavy (non-hydrogen) atoms. The van der Waals surface area contributed by atoms with Crippen molar-refractivity contribution >= 4 is 5.69 Å². The Morgan fingerprint density at radius 1 is 1.00 bits per heavy atom. The molecule has 2 N–H and O–H groups in total. The van der Waals surface area contributed by atoms with Crippen LogP contribution in [0.4, 0.5) is 23.2 Å². The molecule has 2 aromatic rings. The monoisotopic (exact) mass is 301 g/mol. The molecule has 0 unspecified atom stereocenters. The minimum Gasteiger partial charge on any atom is -0.484 e. The Labute approximate surface area is 117 Å². The molecular formula is C14H11F4NO2. The Bertz CT molecular complexity index is 591. The zero-order valence-electron chi connectivity index (χ0n) is 10.7. The number of nitrogen functional groups attached to an aromatic ring is 1. The predicted octanol–water partition coefficient (Wildman–Crippen LogP) is 3.89. The third kappa shape index (κ3) is 4.27. The van der Waals surface area contributed by atoms with Crippen molar-refractivity contribution in [2.75, 3.05) is 5.73 Å². The van der Waals surface area contributed by atoms with Crippen molar-refractivity contribution in [1.82, 2.24) is 0 Å². The molecule has 2 rings (SSSR count). The number of ether oxygens (including phenoxy) is 2. The van der Waals surface area contributed by atoms with Gasteiger partial charge in [-0.2, -0.15) is 0 Å². The normalized spacial score (nSPS) is 11.2. The number of anilines is 1. The zero-order chi connectivity index (χ0) is 15.5. The van der Waals surface area contributed by atoms with Crippen molar-refractivity contribution in [1.29, 1.82) is 0 Å². The summed E-state index contributed by atoms with van der Waals surface area (Å²) in [6, 6.07) is 9.20. The van der Waals surface area contributed by atoms with Crippen LogP contribution in [0, 0.1) is 5.82 Å². The van der Waals surface area contributed by atoms with E-state index in [0.29, 0.717) is 5.56 Å². The minimum absolute atomic E-state index is 0.0303. The smallest absolute Gasteiger partial charge is 0.484 e. The van der Waals surface area contributed by atoms with E-state index >= 15 is 0 Å². The van der Waals surface area contributed by atoms with Gasteiger partial charge in [-0.25, -0.2) is 4.39 Å². The second-order valence-electron chi connectivity index (χ2n) is 4.14. The molecule has 0 amide bonds. The lowest BCUT2D eigenvalue weighted by Crippen LogP contribution is -2.17. The van der Waals surface area contributed by atoms with Crippen LogP contribution in [-0.4, -0.2) is 6.36 Å². The lowest BCUT2D eigenvalue weighted by atomic mass is 10.2. The molecule has 0 spiro atoms. The fourth-order valence-corrected chi connectivity index (χ4v) is 1.62. The summed E-state index contributed by atoms with van der Waals surface area (Å²) in [5.74, 6) is -1.03. The minimum atomic E-state index is -4.74. The Morgan fingerprint density at radius 2 is 1.67 bits per heavy atom. The summed E-state index contributed by atoms with van der Waals surface area (Å²) in [6.07, 6.45) is -4.74. The van der Waals surface area contributed by atoms with Gasteiger partial charge in [-0.05, 0) is 29.8 Å². The van der Waals surface area contributed by atoms with Crippen molar-refractivity contribution < 1.29 is 27.0 Å². The number of hydrogen-bond donors (Lipinski definition) is 1. The maximum atomic E-state index is 13.5. The number of nitrogens with two attached hydrogens (primary N) is 1. The topological polar surface area (TPSA) is 44.5 Å². The van der Waals surface area contributed by atoms with Gasteiger partial charge in [0.15, 0.2) is 11.6 Å². The highest BCUT2D eigenvalue weighted by Gasteiger charge is 2.30. The Kier molecular flexibility index (Phi) is 4.21. The average molecular weight is 301 g/mol. The molecule has 7 heteroatoms. The van der Waals surface area contributed by atoms with Crippen molar-refractivity contribution in [3.8, 4) is 11.5 Å². The predicted molar refractivity (Wildman–Crippen MR) is 68.3 cm³/mol. The molecule has 0 aliphatic heterocycles. The van der Waals surface area contributed by atoms with Crippen LogP contribution in [0.5, 0.6) is 11.5 Å². The zero-order valence-corrected chi connectivity index (χ0v) is 10.7. The molecule has 0 fully saturated rings. The molecule has 0 saturated heterocycles. The number of halogens is 4. The Morgan fingerprint density at radius 3 is 2.24 bits per heavy atom. The first-order valence-electron chi connectivity index (χ1n) is 5.86. The highest BCUT2D eigenvalue weighted by molar-refractivity contribution is 5.52. The fraction of sp³-hybridized carbons (Fsp3) is 0.143. The van der Waals surface area contributed by atoms with E-state index in [4.69, 9.17) is 10.5 Å². The van der Waals surface area contributed by atoms with E-state index in [1.165, 1.54) is 30.3 Å². The third-order valence-electron chi connectivity index (χ3n) is 2.54. The summed E-state index contributed by atoms with van der Waals surface area (Å²) in [7, 11) is 0. The standard InChI is InChI=1S/C14H11F4NO2/c15-11-2-1-3-12(19)13(11)20-8-9-4-6-10(7-5-9)21-14(16,17)18/h1-7H,8,19H2. The van der Waals surface area contributed by atoms with Gasteiger partial charge in [0, 0.05) is 0 Å². The number of alkyl halides is 3. The van der Waals surface area contributed by atoms with Crippen LogP contribution < -0.4 is 15.2 Å². The van der Waals surface area contributed by atoms with Gasteiger partial charge in [-0.15, -0.1) is 13.2 Å². The van der Waals surface area contributed by atoms with Gasteiger partial charge in [0.05, 0.1) is 5.69 Å². The molecule has 112 valence electrons. The molecule has 0 atom stereocenters. The first-order valence-corrected chi connectivity index (χ1v) is 5.86. The highest BCUT2D eigenvalue weighted by atomic mass is 19.4. The quantitative estimate of drug-likeness (QED) is 0.688. The molecule has 0 aromatic heterocycles. The second-order valence-corrected chi connectivity index (χ2v) is 4.14. The fourth-order valence-electron chi connectivity index (χ4n) is 1.62. The van der Waals surface area contributed by atoms with Gasteiger partial charge < -0.3 is 15.2 Å². The summed E-state index contributed by atoms with van der Waals surface area (Å²) < 4.78 is 58.4. The maximum Gasteiger partial charge on any atom is 0.573 e. The number of hydrogen-bond acceptors (Lipinski definition) is 3. The van der Waals surface area contributed by atoms with Gasteiger partial charge in [-0.3, -0.25) is 0 Å². The first kappa shape index (κ1) is 15.0. The van der Waals surface area contributed by atoms with E-state index in [-0.39, 0.29) is 23.8 Å². The van der Waals surface area contributed by atoms with Gasteiger partial charge in [-0.1, -0.05) is 18.2 Å². The summed E-state index contributed by atoms with van der Waals surface area (Å²) >= 11 is 0. The molecule has 0 radical (unpaired) electrons. The molecular weight excluding hydrogens is 290 g/mol. The number of benzene rings is 2. The van der Waals surface area contributed by atoms with Gasteiger partial charge in [0.25, 0.3) is 0 Å². The number of para-hydroxylation sites is 1. The molecule has 2 aromatic carbocycles. The summed E-state index contributed by atoms with van der Waals surface area (Å²) in [5.41, 5.74) is 6.26. The van der Waals surface area contributed by atoms with Crippen molar-refractivity contribution in [3.05, 3.63) is 53.8 Å². The van der Waals surface area contributed by atoms with Crippen LogP contribution in [0.1, 0.15) is 5.56 Å². The average Bonchev–Trinajstić information content (AvgIpc) is 2.38. The van der Waals surface area contributed by atoms with Crippen LogP contribution in [0.2, 0.25) is 0 Å². The van der Waals surface area contributed by atoms with Gasteiger partial charge in [0.1, 0.15) is 12.4 Å². The van der Waals surface area contributed by atoms with Crippen LogP contribution in [0.15, 0.2) is 42.5 Å². The van der Waals surface area contributed by atoms with Crippen LogP contribution in [0.25, 0.3) is 0 Å². The van der Waals surface area contributed by atoms with Crippen LogP contribution in [-0.2, 0) is 6.61 Å². The van der Waals surface area contributed by atoms with Gasteiger partial charge in [0.2, 0.25) is 0 Å². The Balaban J connectivity index is 2.01. The second kappa shape index (κ2) is 5.90. The van der Waals surface area contributed by atoms with Crippen LogP contribution >= 0.6 is 0 Å².